The molecular weight excluding hydrogens is 348 g/mol. The molecule has 1 aromatic rings. The van der Waals surface area contributed by atoms with Crippen molar-refractivity contribution >= 4 is 12.1 Å². The van der Waals surface area contributed by atoms with Crippen LogP contribution in [0.3, 0.4) is 0 Å². The highest BCUT2D eigenvalue weighted by atomic mass is 16.5. The van der Waals surface area contributed by atoms with Crippen LogP contribution >= 0.6 is 0 Å². The van der Waals surface area contributed by atoms with E-state index in [4.69, 9.17) is 4.74 Å². The third-order valence-electron chi connectivity index (χ3n) is 5.00. The van der Waals surface area contributed by atoms with Crippen LogP contribution in [-0.4, -0.2) is 19.2 Å². The molecular formula is C24H40N2O2. The number of carbonyl (C=O) groups is 1. The van der Waals surface area contributed by atoms with Crippen LogP contribution in [0.15, 0.2) is 29.4 Å². The molecule has 1 aromatic carbocycles. The van der Waals surface area contributed by atoms with Crippen LogP contribution in [0.5, 0.6) is 5.75 Å². The molecule has 0 aliphatic carbocycles. The minimum Gasteiger partial charge on any atom is -0.497 e. The van der Waals surface area contributed by atoms with Crippen molar-refractivity contribution in [2.45, 2.75) is 96.8 Å². The summed E-state index contributed by atoms with van der Waals surface area (Å²) in [5.74, 6) is 0.768. The molecule has 1 N–H and O–H groups in total. The van der Waals surface area contributed by atoms with E-state index in [0.29, 0.717) is 6.42 Å². The van der Waals surface area contributed by atoms with Crippen molar-refractivity contribution in [3.8, 4) is 5.75 Å². The fourth-order valence-corrected chi connectivity index (χ4v) is 3.26. The van der Waals surface area contributed by atoms with Gasteiger partial charge in [-0.1, -0.05) is 96.1 Å². The maximum atomic E-state index is 11.8. The molecule has 0 saturated heterocycles. The normalized spacial score (nSPS) is 11.1. The number of ether oxygens (including phenoxy) is 1. The molecule has 0 radical (unpaired) electrons. The second-order valence-electron chi connectivity index (χ2n) is 7.56. The van der Waals surface area contributed by atoms with Gasteiger partial charge in [0.1, 0.15) is 5.75 Å². The summed E-state index contributed by atoms with van der Waals surface area (Å²) in [6.07, 6.45) is 19.3. The highest BCUT2D eigenvalue weighted by Gasteiger charge is 2.00. The first-order valence-electron chi connectivity index (χ1n) is 11.2. The molecule has 4 nitrogen and oxygen atoms in total. The van der Waals surface area contributed by atoms with Crippen LogP contribution in [0.4, 0.5) is 0 Å². The van der Waals surface area contributed by atoms with Crippen molar-refractivity contribution in [3.05, 3.63) is 29.8 Å². The van der Waals surface area contributed by atoms with Gasteiger partial charge in [0.2, 0.25) is 5.91 Å². The number of hydrogen-bond donors (Lipinski definition) is 1. The zero-order valence-electron chi connectivity index (χ0n) is 18.0. The number of methoxy groups -OCH3 is 1. The summed E-state index contributed by atoms with van der Waals surface area (Å²) in [5.41, 5.74) is 3.51. The molecule has 0 aliphatic heterocycles. The van der Waals surface area contributed by atoms with Gasteiger partial charge in [-0.15, -0.1) is 0 Å². The lowest BCUT2D eigenvalue weighted by Crippen LogP contribution is -2.16. The zero-order chi connectivity index (χ0) is 20.3. The van der Waals surface area contributed by atoms with Crippen molar-refractivity contribution < 1.29 is 9.53 Å². The predicted octanol–water partition coefficient (Wildman–Crippen LogP) is 6.63. The van der Waals surface area contributed by atoms with Crippen molar-refractivity contribution in [1.82, 2.24) is 5.43 Å². The minimum absolute atomic E-state index is 0.0118. The highest BCUT2D eigenvalue weighted by Crippen LogP contribution is 2.13. The molecule has 0 atom stereocenters. The number of nitrogens with one attached hydrogen (secondary N) is 1. The van der Waals surface area contributed by atoms with E-state index < -0.39 is 0 Å². The lowest BCUT2D eigenvalue weighted by Gasteiger charge is -2.03. The largest absolute Gasteiger partial charge is 0.497 e. The molecule has 0 bridgehead atoms. The molecule has 0 saturated carbocycles. The lowest BCUT2D eigenvalue weighted by atomic mass is 10.0. The Morgan fingerprint density at radius 2 is 1.50 bits per heavy atom. The number of carbonyl (C=O) groups excluding carboxylic acids is 1. The topological polar surface area (TPSA) is 50.7 Å². The average Bonchev–Trinajstić information content (AvgIpc) is 2.71. The first-order valence-corrected chi connectivity index (χ1v) is 11.2. The molecule has 0 spiro atoms. The minimum atomic E-state index is -0.0118. The van der Waals surface area contributed by atoms with Crippen LogP contribution in [0.1, 0.15) is 102 Å². The fraction of sp³-hybridized carbons (Fsp3) is 0.667. The maximum Gasteiger partial charge on any atom is 0.240 e. The molecule has 158 valence electrons. The van der Waals surface area contributed by atoms with E-state index in [1.54, 1.807) is 13.3 Å². The van der Waals surface area contributed by atoms with E-state index in [2.05, 4.69) is 17.5 Å². The molecule has 28 heavy (non-hydrogen) atoms. The number of rotatable bonds is 17. The molecule has 0 heterocycles. The second kappa shape index (κ2) is 17.3. The Morgan fingerprint density at radius 1 is 0.929 bits per heavy atom. The van der Waals surface area contributed by atoms with Crippen LogP contribution in [0.25, 0.3) is 0 Å². The van der Waals surface area contributed by atoms with Gasteiger partial charge in [0, 0.05) is 6.42 Å². The Morgan fingerprint density at radius 3 is 2.07 bits per heavy atom. The Bertz CT molecular complexity index is 543. The van der Waals surface area contributed by atoms with E-state index in [0.717, 1.165) is 24.2 Å². The molecule has 0 unspecified atom stereocenters. The number of nitrogens with zero attached hydrogens (tertiary/aromatic N) is 1. The maximum absolute atomic E-state index is 11.8. The van der Waals surface area contributed by atoms with Crippen molar-refractivity contribution in [3.63, 3.8) is 0 Å². The Kier molecular flexibility index (Phi) is 14.9. The zero-order valence-corrected chi connectivity index (χ0v) is 18.0. The summed E-state index contributed by atoms with van der Waals surface area (Å²) in [6, 6.07) is 7.58. The van der Waals surface area contributed by atoms with Crippen LogP contribution in [0.2, 0.25) is 0 Å². The number of hydrazone groups is 1. The molecule has 0 fully saturated rings. The highest BCUT2D eigenvalue weighted by molar-refractivity contribution is 5.82. The van der Waals surface area contributed by atoms with Crippen LogP contribution in [0, 0.1) is 0 Å². The van der Waals surface area contributed by atoms with Gasteiger partial charge in [0.05, 0.1) is 13.3 Å². The summed E-state index contributed by atoms with van der Waals surface area (Å²) < 4.78 is 5.16. The van der Waals surface area contributed by atoms with Gasteiger partial charge in [-0.05, 0) is 24.1 Å². The lowest BCUT2D eigenvalue weighted by molar-refractivity contribution is -0.121. The Labute approximate surface area is 172 Å². The summed E-state index contributed by atoms with van der Waals surface area (Å²) in [7, 11) is 1.63. The third kappa shape index (κ3) is 13.3. The fourth-order valence-electron chi connectivity index (χ4n) is 3.26. The van der Waals surface area contributed by atoms with E-state index in [1.165, 1.54) is 70.6 Å². The van der Waals surface area contributed by atoms with E-state index in [-0.39, 0.29) is 5.91 Å². The Hall–Kier alpha value is -1.84. The van der Waals surface area contributed by atoms with Gasteiger partial charge in [0.15, 0.2) is 0 Å². The van der Waals surface area contributed by atoms with Crippen molar-refractivity contribution in [1.29, 1.82) is 0 Å². The smallest absolute Gasteiger partial charge is 0.240 e. The SMILES string of the molecule is CCCCCCCCCCCCCCCC(=O)NN=Cc1cccc(OC)c1. The number of hydrogen-bond acceptors (Lipinski definition) is 3. The quantitative estimate of drug-likeness (QED) is 0.185. The molecule has 0 aromatic heterocycles. The van der Waals surface area contributed by atoms with Gasteiger partial charge in [-0.2, -0.15) is 5.10 Å². The molecule has 4 heteroatoms. The number of unbranched alkanes of at least 4 members (excludes halogenated alkanes) is 12. The van der Waals surface area contributed by atoms with E-state index >= 15 is 0 Å². The van der Waals surface area contributed by atoms with Crippen LogP contribution < -0.4 is 10.2 Å². The van der Waals surface area contributed by atoms with Gasteiger partial charge in [-0.25, -0.2) is 5.43 Å². The van der Waals surface area contributed by atoms with Crippen molar-refractivity contribution in [2.24, 2.45) is 5.10 Å². The standard InChI is InChI=1S/C24H40N2O2/c1-3-4-5-6-7-8-9-10-11-12-13-14-15-19-24(27)26-25-21-22-17-16-18-23(20-22)28-2/h16-18,20-21H,3-15,19H2,1-2H3,(H,26,27). The van der Waals surface area contributed by atoms with Gasteiger partial charge < -0.3 is 4.74 Å². The summed E-state index contributed by atoms with van der Waals surface area (Å²) in [5, 5.41) is 4.02. The van der Waals surface area contributed by atoms with Gasteiger partial charge >= 0.3 is 0 Å². The van der Waals surface area contributed by atoms with Gasteiger partial charge in [0.25, 0.3) is 0 Å². The number of amides is 1. The first-order chi connectivity index (χ1) is 13.8. The average molecular weight is 389 g/mol. The molecule has 0 aliphatic rings. The van der Waals surface area contributed by atoms with E-state index in [1.807, 2.05) is 24.3 Å². The molecule has 1 rings (SSSR count). The Balaban J connectivity index is 1.92. The predicted molar refractivity (Wildman–Crippen MR) is 119 cm³/mol. The summed E-state index contributed by atoms with van der Waals surface area (Å²) in [4.78, 5) is 11.8. The van der Waals surface area contributed by atoms with Gasteiger partial charge in [-0.3, -0.25) is 4.79 Å². The summed E-state index contributed by atoms with van der Waals surface area (Å²) >= 11 is 0. The number of benzene rings is 1. The first kappa shape index (κ1) is 24.2. The summed E-state index contributed by atoms with van der Waals surface area (Å²) in [6.45, 7) is 2.27. The van der Waals surface area contributed by atoms with E-state index in [9.17, 15) is 4.79 Å². The second-order valence-corrected chi connectivity index (χ2v) is 7.56. The third-order valence-corrected chi connectivity index (χ3v) is 5.00. The molecule has 1 amide bonds. The van der Waals surface area contributed by atoms with Crippen molar-refractivity contribution in [2.75, 3.05) is 7.11 Å². The van der Waals surface area contributed by atoms with Crippen LogP contribution in [-0.2, 0) is 4.79 Å². The monoisotopic (exact) mass is 388 g/mol.